The van der Waals surface area contributed by atoms with E-state index in [4.69, 9.17) is 22.4 Å². The zero-order valence-corrected chi connectivity index (χ0v) is 9.51. The van der Waals surface area contributed by atoms with Crippen molar-refractivity contribution < 1.29 is 19.8 Å². The third kappa shape index (κ3) is 1.98. The van der Waals surface area contributed by atoms with Gasteiger partial charge in [-0.25, -0.2) is 14.3 Å². The number of hydrogen-bond donors (Lipinski definition) is 3. The van der Waals surface area contributed by atoms with E-state index in [1.807, 2.05) is 0 Å². The summed E-state index contributed by atoms with van der Waals surface area (Å²) in [5.41, 5.74) is -0.297. The second-order valence-electron chi connectivity index (χ2n) is 3.26. The highest BCUT2D eigenvalue weighted by molar-refractivity contribution is 7.71. The molecule has 2 rings (SSSR count). The van der Waals surface area contributed by atoms with Crippen LogP contribution in [0.3, 0.4) is 0 Å². The molecule has 2 aromatic rings. The Bertz CT molecular complexity index is 690. The minimum absolute atomic E-state index is 0.106. The Balaban J connectivity index is 2.64. The lowest BCUT2D eigenvalue weighted by atomic mass is 10.1. The van der Waals surface area contributed by atoms with Gasteiger partial charge in [0.15, 0.2) is 0 Å². The molecule has 0 aliphatic rings. The average molecular weight is 266 g/mol. The van der Waals surface area contributed by atoms with Crippen LogP contribution in [0.1, 0.15) is 20.7 Å². The van der Waals surface area contributed by atoms with E-state index in [2.05, 4.69) is 15.5 Å². The molecule has 0 bridgehead atoms. The second kappa shape index (κ2) is 4.37. The third-order valence-corrected chi connectivity index (χ3v) is 2.46. The van der Waals surface area contributed by atoms with Gasteiger partial charge in [-0.2, -0.15) is 5.21 Å². The zero-order chi connectivity index (χ0) is 13.3. The Morgan fingerprint density at radius 3 is 2.39 bits per heavy atom. The van der Waals surface area contributed by atoms with Crippen molar-refractivity contribution in [3.8, 4) is 5.69 Å². The van der Waals surface area contributed by atoms with Crippen molar-refractivity contribution in [1.82, 2.24) is 20.2 Å². The lowest BCUT2D eigenvalue weighted by Crippen LogP contribution is -2.09. The summed E-state index contributed by atoms with van der Waals surface area (Å²) in [6.45, 7) is 0. The fourth-order valence-electron chi connectivity index (χ4n) is 1.40. The summed E-state index contributed by atoms with van der Waals surface area (Å²) in [6.07, 6.45) is 0. The van der Waals surface area contributed by atoms with E-state index in [0.717, 1.165) is 0 Å². The topological polar surface area (TPSA) is 121 Å². The molecule has 8 nitrogen and oxygen atoms in total. The SMILES string of the molecule is O=C(O)c1ccc(-n2[nH]nnc2=S)cc1C(=O)O. The van der Waals surface area contributed by atoms with Crippen molar-refractivity contribution in [2.45, 2.75) is 0 Å². The molecular formula is C9H6N4O4S. The van der Waals surface area contributed by atoms with Crippen LogP contribution < -0.4 is 0 Å². The molecule has 0 saturated carbocycles. The van der Waals surface area contributed by atoms with E-state index in [1.165, 1.54) is 22.9 Å². The van der Waals surface area contributed by atoms with Gasteiger partial charge in [0.25, 0.3) is 0 Å². The molecule has 0 amide bonds. The number of aromatic nitrogens is 4. The van der Waals surface area contributed by atoms with Gasteiger partial charge in [-0.15, -0.1) is 0 Å². The molecule has 1 aromatic carbocycles. The Morgan fingerprint density at radius 1 is 1.22 bits per heavy atom. The summed E-state index contributed by atoms with van der Waals surface area (Å²) >= 11 is 4.86. The van der Waals surface area contributed by atoms with Crippen LogP contribution in [0.4, 0.5) is 0 Å². The van der Waals surface area contributed by atoms with E-state index in [-0.39, 0.29) is 15.9 Å². The summed E-state index contributed by atoms with van der Waals surface area (Å²) in [7, 11) is 0. The van der Waals surface area contributed by atoms with Gasteiger partial charge in [-0.1, -0.05) is 10.3 Å². The molecule has 3 N–H and O–H groups in total. The van der Waals surface area contributed by atoms with Crippen molar-refractivity contribution in [2.24, 2.45) is 0 Å². The lowest BCUT2D eigenvalue weighted by Gasteiger charge is -2.05. The predicted octanol–water partition coefficient (Wildman–Crippen LogP) is 0.721. The fraction of sp³-hybridized carbons (Fsp3) is 0. The van der Waals surface area contributed by atoms with E-state index < -0.39 is 11.9 Å². The molecule has 0 saturated heterocycles. The molecule has 0 fully saturated rings. The highest BCUT2D eigenvalue weighted by Gasteiger charge is 2.17. The van der Waals surface area contributed by atoms with Crippen LogP contribution in [0, 0.1) is 4.77 Å². The monoisotopic (exact) mass is 266 g/mol. The number of tetrazole rings is 1. The highest BCUT2D eigenvalue weighted by Crippen LogP contribution is 2.15. The molecule has 92 valence electrons. The van der Waals surface area contributed by atoms with Crippen LogP contribution in [0.15, 0.2) is 18.2 Å². The summed E-state index contributed by atoms with van der Waals surface area (Å²) in [6, 6.07) is 3.77. The molecule has 0 spiro atoms. The maximum absolute atomic E-state index is 11.0. The highest BCUT2D eigenvalue weighted by atomic mass is 32.1. The molecule has 0 radical (unpaired) electrons. The first kappa shape index (κ1) is 11.9. The van der Waals surface area contributed by atoms with Crippen molar-refractivity contribution in [3.05, 3.63) is 34.1 Å². The van der Waals surface area contributed by atoms with E-state index in [9.17, 15) is 9.59 Å². The van der Waals surface area contributed by atoms with E-state index in [1.54, 1.807) is 0 Å². The number of carbonyl (C=O) groups is 2. The molecule has 0 aliphatic carbocycles. The maximum atomic E-state index is 11.0. The van der Waals surface area contributed by atoms with Crippen LogP contribution in [0.25, 0.3) is 5.69 Å². The minimum Gasteiger partial charge on any atom is -0.478 e. The van der Waals surface area contributed by atoms with Crippen molar-refractivity contribution in [2.75, 3.05) is 0 Å². The van der Waals surface area contributed by atoms with Crippen molar-refractivity contribution in [1.29, 1.82) is 0 Å². The Labute approximate surface area is 104 Å². The molecule has 1 heterocycles. The molecule has 0 unspecified atom stereocenters. The molecular weight excluding hydrogens is 260 g/mol. The Hall–Kier alpha value is -2.55. The maximum Gasteiger partial charge on any atom is 0.336 e. The number of carboxylic acids is 2. The zero-order valence-electron chi connectivity index (χ0n) is 8.69. The number of carboxylic acid groups (broad SMARTS) is 2. The quantitative estimate of drug-likeness (QED) is 0.700. The molecule has 18 heavy (non-hydrogen) atoms. The van der Waals surface area contributed by atoms with E-state index in [0.29, 0.717) is 5.69 Å². The number of benzene rings is 1. The van der Waals surface area contributed by atoms with Gasteiger partial charge in [0, 0.05) is 0 Å². The smallest absolute Gasteiger partial charge is 0.336 e. The summed E-state index contributed by atoms with van der Waals surface area (Å²) in [5.74, 6) is -2.65. The van der Waals surface area contributed by atoms with E-state index >= 15 is 0 Å². The van der Waals surface area contributed by atoms with Gasteiger partial charge in [-0.3, -0.25) is 0 Å². The van der Waals surface area contributed by atoms with Crippen molar-refractivity contribution in [3.63, 3.8) is 0 Å². The minimum atomic E-state index is -1.34. The first-order valence-electron chi connectivity index (χ1n) is 4.62. The fourth-order valence-corrected chi connectivity index (χ4v) is 1.59. The number of hydrogen-bond acceptors (Lipinski definition) is 5. The van der Waals surface area contributed by atoms with Crippen LogP contribution in [0.5, 0.6) is 0 Å². The summed E-state index contributed by atoms with van der Waals surface area (Å²) < 4.78 is 1.36. The average Bonchev–Trinajstić information content (AvgIpc) is 2.74. The molecule has 1 aromatic heterocycles. The molecule has 9 heteroatoms. The van der Waals surface area contributed by atoms with Gasteiger partial charge in [0.05, 0.1) is 16.8 Å². The van der Waals surface area contributed by atoms with Gasteiger partial charge >= 0.3 is 11.9 Å². The molecule has 0 aliphatic heterocycles. The Kier molecular flexibility index (Phi) is 2.90. The molecule has 0 atom stereocenters. The first-order valence-corrected chi connectivity index (χ1v) is 5.02. The third-order valence-electron chi connectivity index (χ3n) is 2.19. The summed E-state index contributed by atoms with van der Waals surface area (Å²) in [5, 5.41) is 27.3. The van der Waals surface area contributed by atoms with Gasteiger partial charge < -0.3 is 10.2 Å². The Morgan fingerprint density at radius 2 is 1.89 bits per heavy atom. The van der Waals surface area contributed by atoms with Crippen LogP contribution in [0.2, 0.25) is 0 Å². The van der Waals surface area contributed by atoms with Crippen LogP contribution in [-0.4, -0.2) is 42.4 Å². The number of nitrogens with one attached hydrogen (secondary N) is 1. The number of H-pyrrole nitrogens is 1. The number of aromatic carboxylic acids is 2. The first-order chi connectivity index (χ1) is 8.50. The summed E-state index contributed by atoms with van der Waals surface area (Å²) in [4.78, 5) is 21.9. The van der Waals surface area contributed by atoms with Gasteiger partial charge in [0.2, 0.25) is 4.77 Å². The number of aromatic amines is 1. The van der Waals surface area contributed by atoms with Crippen LogP contribution in [-0.2, 0) is 0 Å². The largest absolute Gasteiger partial charge is 0.478 e. The van der Waals surface area contributed by atoms with Gasteiger partial charge in [-0.05, 0) is 30.4 Å². The van der Waals surface area contributed by atoms with Crippen LogP contribution >= 0.6 is 12.2 Å². The normalized spacial score (nSPS) is 10.2. The predicted molar refractivity (Wildman–Crippen MR) is 60.5 cm³/mol. The standard InChI is InChI=1S/C9H6N4O4S/c14-7(15)5-2-1-4(3-6(5)8(16)17)13-9(18)10-11-12-13/h1-3H,(H,14,15)(H,16,17)(H,10,12,18). The van der Waals surface area contributed by atoms with Gasteiger partial charge in [0.1, 0.15) is 0 Å². The van der Waals surface area contributed by atoms with Crippen molar-refractivity contribution >= 4 is 24.2 Å². The lowest BCUT2D eigenvalue weighted by molar-refractivity contribution is 0.0651. The number of rotatable bonds is 3. The second-order valence-corrected chi connectivity index (χ2v) is 3.62. The number of nitrogens with zero attached hydrogens (tertiary/aromatic N) is 3.